The summed E-state index contributed by atoms with van der Waals surface area (Å²) < 4.78 is 2.03. The Morgan fingerprint density at radius 3 is 2.72 bits per heavy atom. The second kappa shape index (κ2) is 8.21. The molecule has 3 aromatic rings. The summed E-state index contributed by atoms with van der Waals surface area (Å²) in [6.07, 6.45) is 6.29. The second-order valence-electron chi connectivity index (χ2n) is 6.19. The summed E-state index contributed by atoms with van der Waals surface area (Å²) >= 11 is 1.58. The molecule has 1 N–H and O–H groups in total. The van der Waals surface area contributed by atoms with E-state index < -0.39 is 0 Å². The molecular weight excluding hydrogens is 330 g/mol. The zero-order valence-electron chi connectivity index (χ0n) is 14.7. The number of amides is 1. The predicted octanol–water partition coefficient (Wildman–Crippen LogP) is 4.47. The smallest absolute Gasteiger partial charge is 0.234 e. The van der Waals surface area contributed by atoms with E-state index in [0.29, 0.717) is 5.75 Å². The van der Waals surface area contributed by atoms with E-state index in [4.69, 9.17) is 0 Å². The van der Waals surface area contributed by atoms with E-state index in [1.54, 1.807) is 11.8 Å². The molecule has 0 atom stereocenters. The SMILES string of the molecule is CCCc1ccc(NC(=O)CSCc2cn3cc(C)ccc3n2)cc1. The lowest BCUT2D eigenvalue weighted by molar-refractivity contribution is -0.113. The number of nitrogens with zero attached hydrogens (tertiary/aromatic N) is 2. The highest BCUT2D eigenvalue weighted by molar-refractivity contribution is 7.99. The van der Waals surface area contributed by atoms with Crippen LogP contribution in [0.5, 0.6) is 0 Å². The number of hydrogen-bond acceptors (Lipinski definition) is 3. The van der Waals surface area contributed by atoms with Gasteiger partial charge in [-0.2, -0.15) is 0 Å². The normalized spacial score (nSPS) is 11.0. The van der Waals surface area contributed by atoms with Crippen molar-refractivity contribution in [3.63, 3.8) is 0 Å². The highest BCUT2D eigenvalue weighted by atomic mass is 32.2. The minimum atomic E-state index is 0.0212. The lowest BCUT2D eigenvalue weighted by Crippen LogP contribution is -2.14. The van der Waals surface area contributed by atoms with Gasteiger partial charge in [0.1, 0.15) is 5.65 Å². The molecule has 0 spiro atoms. The lowest BCUT2D eigenvalue weighted by Gasteiger charge is -2.06. The van der Waals surface area contributed by atoms with E-state index >= 15 is 0 Å². The Morgan fingerprint density at radius 1 is 1.16 bits per heavy atom. The van der Waals surface area contributed by atoms with Crippen LogP contribution in [0, 0.1) is 6.92 Å². The molecule has 0 bridgehead atoms. The van der Waals surface area contributed by atoms with Gasteiger partial charge in [0.05, 0.1) is 11.4 Å². The van der Waals surface area contributed by atoms with Crippen molar-refractivity contribution < 1.29 is 4.79 Å². The van der Waals surface area contributed by atoms with Crippen LogP contribution in [0.15, 0.2) is 48.8 Å². The number of imidazole rings is 1. The third-order valence-electron chi connectivity index (χ3n) is 3.91. The van der Waals surface area contributed by atoms with Gasteiger partial charge < -0.3 is 9.72 Å². The third kappa shape index (κ3) is 4.86. The van der Waals surface area contributed by atoms with E-state index in [-0.39, 0.29) is 5.91 Å². The quantitative estimate of drug-likeness (QED) is 0.682. The number of nitrogens with one attached hydrogen (secondary N) is 1. The number of thioether (sulfide) groups is 1. The van der Waals surface area contributed by atoms with Gasteiger partial charge in [-0.3, -0.25) is 4.79 Å². The highest BCUT2D eigenvalue weighted by Crippen LogP contribution is 2.15. The average molecular weight is 353 g/mol. The number of benzene rings is 1. The Hall–Kier alpha value is -2.27. The molecule has 25 heavy (non-hydrogen) atoms. The van der Waals surface area contributed by atoms with Crippen molar-refractivity contribution in [1.82, 2.24) is 9.38 Å². The number of carbonyl (C=O) groups is 1. The largest absolute Gasteiger partial charge is 0.325 e. The Labute approximate surface area is 152 Å². The number of aryl methyl sites for hydroxylation is 2. The first-order valence-electron chi connectivity index (χ1n) is 8.55. The van der Waals surface area contributed by atoms with Gasteiger partial charge in [-0.15, -0.1) is 11.8 Å². The topological polar surface area (TPSA) is 46.4 Å². The van der Waals surface area contributed by atoms with Crippen LogP contribution in [0.2, 0.25) is 0 Å². The minimum Gasteiger partial charge on any atom is -0.325 e. The van der Waals surface area contributed by atoms with Crippen molar-refractivity contribution >= 4 is 29.0 Å². The van der Waals surface area contributed by atoms with Gasteiger partial charge >= 0.3 is 0 Å². The van der Waals surface area contributed by atoms with Crippen LogP contribution in [0.1, 0.15) is 30.2 Å². The first kappa shape index (κ1) is 17.5. The Kier molecular flexibility index (Phi) is 5.76. The maximum Gasteiger partial charge on any atom is 0.234 e. The van der Waals surface area contributed by atoms with Crippen LogP contribution in [-0.4, -0.2) is 21.0 Å². The molecular formula is C20H23N3OS. The van der Waals surface area contributed by atoms with Gasteiger partial charge in [-0.05, 0) is 42.7 Å². The fourth-order valence-corrected chi connectivity index (χ4v) is 3.42. The van der Waals surface area contributed by atoms with E-state index in [2.05, 4.69) is 48.5 Å². The van der Waals surface area contributed by atoms with Crippen LogP contribution in [-0.2, 0) is 17.0 Å². The van der Waals surface area contributed by atoms with E-state index in [0.717, 1.165) is 35.6 Å². The molecule has 2 aromatic heterocycles. The molecule has 0 aliphatic carbocycles. The monoisotopic (exact) mass is 353 g/mol. The van der Waals surface area contributed by atoms with Crippen molar-refractivity contribution in [3.05, 3.63) is 65.6 Å². The molecule has 1 amide bonds. The fourth-order valence-electron chi connectivity index (χ4n) is 2.71. The van der Waals surface area contributed by atoms with Crippen molar-refractivity contribution in [1.29, 1.82) is 0 Å². The maximum absolute atomic E-state index is 12.1. The standard InChI is InChI=1S/C20H23N3OS/c1-3-4-16-6-8-17(9-7-16)22-20(24)14-25-13-18-12-23-11-15(2)5-10-19(23)21-18/h5-12H,3-4,13-14H2,1-2H3,(H,22,24). The zero-order chi connectivity index (χ0) is 17.6. The Balaban J connectivity index is 1.48. The molecule has 2 heterocycles. The maximum atomic E-state index is 12.1. The van der Waals surface area contributed by atoms with Crippen LogP contribution >= 0.6 is 11.8 Å². The molecule has 3 rings (SSSR count). The van der Waals surface area contributed by atoms with Crippen LogP contribution in [0.4, 0.5) is 5.69 Å². The molecule has 0 aliphatic heterocycles. The average Bonchev–Trinajstić information content (AvgIpc) is 2.98. The van der Waals surface area contributed by atoms with E-state index in [1.807, 2.05) is 28.8 Å². The minimum absolute atomic E-state index is 0.0212. The number of anilines is 1. The molecule has 5 heteroatoms. The number of fused-ring (bicyclic) bond motifs is 1. The first-order chi connectivity index (χ1) is 12.1. The van der Waals surface area contributed by atoms with Crippen LogP contribution in [0.25, 0.3) is 5.65 Å². The number of rotatable bonds is 7. The van der Waals surface area contributed by atoms with E-state index in [9.17, 15) is 4.79 Å². The Morgan fingerprint density at radius 2 is 1.96 bits per heavy atom. The molecule has 0 unspecified atom stereocenters. The molecule has 130 valence electrons. The number of pyridine rings is 1. The number of hydrogen-bond donors (Lipinski definition) is 1. The zero-order valence-corrected chi connectivity index (χ0v) is 15.5. The molecule has 0 fully saturated rings. The molecule has 4 nitrogen and oxygen atoms in total. The summed E-state index contributed by atoms with van der Waals surface area (Å²) in [5.74, 6) is 1.17. The second-order valence-corrected chi connectivity index (χ2v) is 7.18. The van der Waals surface area contributed by atoms with Gasteiger partial charge in [-0.1, -0.05) is 31.5 Å². The summed E-state index contributed by atoms with van der Waals surface area (Å²) in [5, 5.41) is 2.95. The molecule has 0 saturated heterocycles. The van der Waals surface area contributed by atoms with Crippen molar-refractivity contribution in [3.8, 4) is 0 Å². The van der Waals surface area contributed by atoms with Crippen molar-refractivity contribution in [2.24, 2.45) is 0 Å². The van der Waals surface area contributed by atoms with Crippen LogP contribution in [0.3, 0.4) is 0 Å². The van der Waals surface area contributed by atoms with Gasteiger partial charge in [0, 0.05) is 23.8 Å². The number of carbonyl (C=O) groups excluding carboxylic acids is 1. The Bertz CT molecular complexity index is 855. The van der Waals surface area contributed by atoms with E-state index in [1.165, 1.54) is 11.1 Å². The van der Waals surface area contributed by atoms with Gasteiger partial charge in [0.25, 0.3) is 0 Å². The fraction of sp³-hybridized carbons (Fsp3) is 0.300. The van der Waals surface area contributed by atoms with Gasteiger partial charge in [-0.25, -0.2) is 4.98 Å². The summed E-state index contributed by atoms with van der Waals surface area (Å²) in [4.78, 5) is 16.6. The summed E-state index contributed by atoms with van der Waals surface area (Å²) in [6.45, 7) is 4.23. The van der Waals surface area contributed by atoms with Gasteiger partial charge in [0.15, 0.2) is 0 Å². The molecule has 0 aliphatic rings. The third-order valence-corrected chi connectivity index (χ3v) is 4.87. The summed E-state index contributed by atoms with van der Waals surface area (Å²) in [7, 11) is 0. The summed E-state index contributed by atoms with van der Waals surface area (Å²) in [5.41, 5.74) is 5.30. The first-order valence-corrected chi connectivity index (χ1v) is 9.70. The van der Waals surface area contributed by atoms with Crippen molar-refractivity contribution in [2.45, 2.75) is 32.4 Å². The number of aromatic nitrogens is 2. The molecule has 0 radical (unpaired) electrons. The van der Waals surface area contributed by atoms with Crippen molar-refractivity contribution in [2.75, 3.05) is 11.1 Å². The van der Waals surface area contributed by atoms with Crippen LogP contribution < -0.4 is 5.32 Å². The highest BCUT2D eigenvalue weighted by Gasteiger charge is 2.06. The summed E-state index contributed by atoms with van der Waals surface area (Å²) in [6, 6.07) is 12.2. The molecule has 1 aromatic carbocycles. The predicted molar refractivity (Wildman–Crippen MR) is 105 cm³/mol. The lowest BCUT2D eigenvalue weighted by atomic mass is 10.1. The molecule has 0 saturated carbocycles. The van der Waals surface area contributed by atoms with Gasteiger partial charge in [0.2, 0.25) is 5.91 Å².